The van der Waals surface area contributed by atoms with Gasteiger partial charge in [0.1, 0.15) is 6.61 Å². The molecule has 0 aliphatic rings. The molecule has 0 saturated heterocycles. The molecule has 0 aromatic carbocycles. The molecule has 1 aromatic rings. The molecule has 18 heavy (non-hydrogen) atoms. The SMILES string of the molecule is Cc1nc(NCCOCC(F)F)ncc1C(=O)O. The van der Waals surface area contributed by atoms with Crippen LogP contribution in [-0.2, 0) is 4.74 Å². The molecule has 0 unspecified atom stereocenters. The van der Waals surface area contributed by atoms with E-state index in [4.69, 9.17) is 5.11 Å². The Morgan fingerprint density at radius 1 is 1.61 bits per heavy atom. The van der Waals surface area contributed by atoms with Crippen LogP contribution in [0.4, 0.5) is 14.7 Å². The summed E-state index contributed by atoms with van der Waals surface area (Å²) < 4.78 is 28.1. The fourth-order valence-corrected chi connectivity index (χ4v) is 1.17. The lowest BCUT2D eigenvalue weighted by molar-refractivity contribution is 0.0214. The molecule has 0 atom stereocenters. The molecule has 1 heterocycles. The van der Waals surface area contributed by atoms with Crippen LogP contribution in [0.15, 0.2) is 6.20 Å². The van der Waals surface area contributed by atoms with E-state index in [9.17, 15) is 13.6 Å². The summed E-state index contributed by atoms with van der Waals surface area (Å²) >= 11 is 0. The van der Waals surface area contributed by atoms with Gasteiger partial charge in [-0.3, -0.25) is 0 Å². The number of halogens is 2. The van der Waals surface area contributed by atoms with Gasteiger partial charge >= 0.3 is 5.97 Å². The van der Waals surface area contributed by atoms with Crippen molar-refractivity contribution in [1.82, 2.24) is 9.97 Å². The smallest absolute Gasteiger partial charge is 0.339 e. The van der Waals surface area contributed by atoms with Gasteiger partial charge in [0.25, 0.3) is 6.43 Å². The predicted octanol–water partition coefficient (Wildman–Crippen LogP) is 1.18. The van der Waals surface area contributed by atoms with Crippen molar-refractivity contribution in [2.75, 3.05) is 25.1 Å². The van der Waals surface area contributed by atoms with Crippen molar-refractivity contribution in [2.24, 2.45) is 0 Å². The van der Waals surface area contributed by atoms with Gasteiger partial charge in [-0.05, 0) is 6.92 Å². The van der Waals surface area contributed by atoms with Gasteiger partial charge in [0, 0.05) is 12.7 Å². The van der Waals surface area contributed by atoms with Crippen molar-refractivity contribution in [3.05, 3.63) is 17.5 Å². The Morgan fingerprint density at radius 3 is 2.89 bits per heavy atom. The van der Waals surface area contributed by atoms with Gasteiger partial charge in [0.05, 0.1) is 17.9 Å². The number of alkyl halides is 2. The minimum atomic E-state index is -2.49. The standard InChI is InChI=1S/C10H13F2N3O3/c1-6-7(9(16)17)4-14-10(15-6)13-2-3-18-5-8(11)12/h4,8H,2-3,5H2,1H3,(H,16,17)(H,13,14,15). The minimum absolute atomic E-state index is 0.0227. The van der Waals surface area contributed by atoms with Crippen molar-refractivity contribution in [3.63, 3.8) is 0 Å². The van der Waals surface area contributed by atoms with Gasteiger partial charge in [-0.15, -0.1) is 0 Å². The number of carboxylic acids is 1. The van der Waals surface area contributed by atoms with Crippen molar-refractivity contribution < 1.29 is 23.4 Å². The second-order valence-corrected chi connectivity index (χ2v) is 3.39. The third-order valence-corrected chi connectivity index (χ3v) is 1.98. The van der Waals surface area contributed by atoms with Crippen LogP contribution in [0.1, 0.15) is 16.1 Å². The van der Waals surface area contributed by atoms with Gasteiger partial charge in [-0.1, -0.05) is 0 Å². The quantitative estimate of drug-likeness (QED) is 0.717. The Hall–Kier alpha value is -1.83. The van der Waals surface area contributed by atoms with E-state index in [0.29, 0.717) is 5.69 Å². The molecule has 2 N–H and O–H groups in total. The zero-order valence-electron chi connectivity index (χ0n) is 9.69. The zero-order valence-corrected chi connectivity index (χ0v) is 9.69. The Balaban J connectivity index is 2.39. The third-order valence-electron chi connectivity index (χ3n) is 1.98. The first kappa shape index (κ1) is 14.2. The summed E-state index contributed by atoms with van der Waals surface area (Å²) in [6, 6.07) is 0. The van der Waals surface area contributed by atoms with Crippen LogP contribution >= 0.6 is 0 Å². The highest BCUT2D eigenvalue weighted by Gasteiger charge is 2.09. The summed E-state index contributed by atoms with van der Waals surface area (Å²) in [6.07, 6.45) is -1.30. The number of rotatable bonds is 7. The number of ether oxygens (including phenoxy) is 1. The van der Waals surface area contributed by atoms with Crippen LogP contribution in [0.25, 0.3) is 0 Å². The Bertz CT molecular complexity index is 415. The monoisotopic (exact) mass is 261 g/mol. The molecule has 0 saturated carbocycles. The zero-order chi connectivity index (χ0) is 13.5. The van der Waals surface area contributed by atoms with E-state index >= 15 is 0 Å². The topological polar surface area (TPSA) is 84.3 Å². The molecule has 6 nitrogen and oxygen atoms in total. The van der Waals surface area contributed by atoms with Crippen LogP contribution in [0.5, 0.6) is 0 Å². The van der Waals surface area contributed by atoms with E-state index in [-0.39, 0.29) is 24.7 Å². The molecule has 1 rings (SSSR count). The maximum atomic E-state index is 11.7. The number of nitrogens with zero attached hydrogens (tertiary/aromatic N) is 2. The van der Waals surface area contributed by atoms with Crippen LogP contribution in [0, 0.1) is 6.92 Å². The molecule has 0 amide bonds. The van der Waals surface area contributed by atoms with Gasteiger partial charge in [0.15, 0.2) is 0 Å². The summed E-state index contributed by atoms with van der Waals surface area (Å²) in [7, 11) is 0. The number of carbonyl (C=O) groups is 1. The predicted molar refractivity (Wildman–Crippen MR) is 59.0 cm³/mol. The van der Waals surface area contributed by atoms with Crippen molar-refractivity contribution in [2.45, 2.75) is 13.3 Å². The van der Waals surface area contributed by atoms with Crippen LogP contribution in [0.3, 0.4) is 0 Å². The van der Waals surface area contributed by atoms with E-state index in [1.54, 1.807) is 6.92 Å². The first-order chi connectivity index (χ1) is 8.50. The van der Waals surface area contributed by atoms with Gasteiger partial charge in [-0.25, -0.2) is 23.5 Å². The molecule has 0 aliphatic carbocycles. The Kier molecular flexibility index (Phi) is 5.37. The summed E-state index contributed by atoms with van der Waals surface area (Å²) in [5.74, 6) is -0.863. The molecule has 0 radical (unpaired) electrons. The third kappa shape index (κ3) is 4.58. The Morgan fingerprint density at radius 2 is 2.33 bits per heavy atom. The molecule has 0 aliphatic heterocycles. The molecule has 0 spiro atoms. The number of nitrogens with one attached hydrogen (secondary N) is 1. The number of hydrogen-bond acceptors (Lipinski definition) is 5. The number of hydrogen-bond donors (Lipinski definition) is 2. The molecular weight excluding hydrogens is 248 g/mol. The Labute approximate surface area is 102 Å². The van der Waals surface area contributed by atoms with Gasteiger partial charge in [0.2, 0.25) is 5.95 Å². The average Bonchev–Trinajstić information content (AvgIpc) is 2.27. The second-order valence-electron chi connectivity index (χ2n) is 3.39. The number of carboxylic acid groups (broad SMARTS) is 1. The number of anilines is 1. The van der Waals surface area contributed by atoms with Gasteiger partial charge in [-0.2, -0.15) is 0 Å². The highest BCUT2D eigenvalue weighted by Crippen LogP contribution is 2.06. The first-order valence-electron chi connectivity index (χ1n) is 5.17. The summed E-state index contributed by atoms with van der Waals surface area (Å²) in [6.45, 7) is 1.29. The lowest BCUT2D eigenvalue weighted by atomic mass is 10.2. The van der Waals surface area contributed by atoms with Crippen molar-refractivity contribution in [1.29, 1.82) is 0 Å². The normalized spacial score (nSPS) is 10.7. The van der Waals surface area contributed by atoms with Crippen LogP contribution in [-0.4, -0.2) is 47.2 Å². The van der Waals surface area contributed by atoms with Crippen molar-refractivity contribution >= 4 is 11.9 Å². The van der Waals surface area contributed by atoms with E-state index in [1.807, 2.05) is 0 Å². The number of aryl methyl sites for hydroxylation is 1. The molecule has 1 aromatic heterocycles. The highest BCUT2D eigenvalue weighted by molar-refractivity contribution is 5.88. The van der Waals surface area contributed by atoms with E-state index < -0.39 is 19.0 Å². The average molecular weight is 261 g/mol. The first-order valence-corrected chi connectivity index (χ1v) is 5.17. The summed E-state index contributed by atoms with van der Waals surface area (Å²) in [5.41, 5.74) is 0.350. The summed E-state index contributed by atoms with van der Waals surface area (Å²) in [4.78, 5) is 18.4. The lowest BCUT2D eigenvalue weighted by Gasteiger charge is -2.07. The maximum absolute atomic E-state index is 11.7. The van der Waals surface area contributed by atoms with Gasteiger partial charge < -0.3 is 15.2 Å². The van der Waals surface area contributed by atoms with Crippen molar-refractivity contribution in [3.8, 4) is 0 Å². The van der Waals surface area contributed by atoms with Crippen LogP contribution in [0.2, 0.25) is 0 Å². The molecule has 0 fully saturated rings. The van der Waals surface area contributed by atoms with E-state index in [1.165, 1.54) is 6.20 Å². The fourth-order valence-electron chi connectivity index (χ4n) is 1.17. The molecular formula is C10H13F2N3O3. The summed E-state index contributed by atoms with van der Waals surface area (Å²) in [5, 5.41) is 11.5. The molecule has 100 valence electrons. The minimum Gasteiger partial charge on any atom is -0.478 e. The lowest BCUT2D eigenvalue weighted by Crippen LogP contribution is -2.15. The fraction of sp³-hybridized carbons (Fsp3) is 0.500. The van der Waals surface area contributed by atoms with E-state index in [0.717, 1.165) is 0 Å². The number of aromatic carboxylic acids is 1. The van der Waals surface area contributed by atoms with Crippen LogP contribution < -0.4 is 5.32 Å². The number of aromatic nitrogens is 2. The largest absolute Gasteiger partial charge is 0.478 e. The second kappa shape index (κ2) is 6.80. The molecule has 8 heteroatoms. The maximum Gasteiger partial charge on any atom is 0.339 e. The van der Waals surface area contributed by atoms with E-state index in [2.05, 4.69) is 20.0 Å². The highest BCUT2D eigenvalue weighted by atomic mass is 19.3. The molecule has 0 bridgehead atoms.